The number of hydrogen-bond donors (Lipinski definition) is 1. The van der Waals surface area contributed by atoms with Crippen LogP contribution in [0.3, 0.4) is 0 Å². The largest absolute Gasteiger partial charge is 0.473 e. The van der Waals surface area contributed by atoms with E-state index in [-0.39, 0.29) is 5.54 Å². The van der Waals surface area contributed by atoms with E-state index in [1.807, 2.05) is 38.1 Å². The molecular formula is C11H14N2O2. The van der Waals surface area contributed by atoms with Crippen LogP contribution in [0.4, 0.5) is 0 Å². The molecule has 0 aliphatic heterocycles. The van der Waals surface area contributed by atoms with E-state index in [4.69, 9.17) is 15.0 Å². The first-order valence-electron chi connectivity index (χ1n) is 4.82. The van der Waals surface area contributed by atoms with Crippen LogP contribution in [0.1, 0.15) is 13.8 Å². The molecule has 0 aliphatic rings. The Kier molecular flexibility index (Phi) is 2.36. The van der Waals surface area contributed by atoms with E-state index < -0.39 is 0 Å². The summed E-state index contributed by atoms with van der Waals surface area (Å²) in [4.78, 5) is 0. The van der Waals surface area contributed by atoms with Gasteiger partial charge >= 0.3 is 0 Å². The van der Waals surface area contributed by atoms with E-state index in [0.29, 0.717) is 12.5 Å². The summed E-state index contributed by atoms with van der Waals surface area (Å²) in [5, 5.41) is 4.72. The molecule has 4 heteroatoms. The second-order valence-electron chi connectivity index (χ2n) is 4.26. The summed E-state index contributed by atoms with van der Waals surface area (Å²) >= 11 is 0. The van der Waals surface area contributed by atoms with Crippen LogP contribution in [0.15, 0.2) is 28.8 Å². The molecule has 0 radical (unpaired) electrons. The van der Waals surface area contributed by atoms with Crippen molar-refractivity contribution in [3.63, 3.8) is 0 Å². The summed E-state index contributed by atoms with van der Waals surface area (Å²) in [7, 11) is 0. The number of nitrogens with two attached hydrogens (primary N) is 1. The average molecular weight is 206 g/mol. The maximum Gasteiger partial charge on any atom is 0.262 e. The predicted octanol–water partition coefficient (Wildman–Crippen LogP) is 1.94. The zero-order chi connectivity index (χ0) is 10.9. The van der Waals surface area contributed by atoms with Gasteiger partial charge in [0.2, 0.25) is 0 Å². The molecule has 0 saturated heterocycles. The van der Waals surface area contributed by atoms with E-state index in [9.17, 15) is 0 Å². The smallest absolute Gasteiger partial charge is 0.262 e. The van der Waals surface area contributed by atoms with Gasteiger partial charge < -0.3 is 15.0 Å². The molecule has 0 amide bonds. The van der Waals surface area contributed by atoms with E-state index in [1.54, 1.807) is 0 Å². The fourth-order valence-corrected chi connectivity index (χ4v) is 1.22. The monoisotopic (exact) mass is 206 g/mol. The van der Waals surface area contributed by atoms with Gasteiger partial charge in [-0.15, -0.1) is 0 Å². The van der Waals surface area contributed by atoms with Crippen LogP contribution in [0.5, 0.6) is 5.88 Å². The average Bonchev–Trinajstić information content (AvgIpc) is 2.57. The minimum atomic E-state index is -0.375. The molecule has 1 heterocycles. The number of aromatic nitrogens is 1. The Morgan fingerprint density at radius 2 is 2.13 bits per heavy atom. The molecule has 0 fully saturated rings. The Morgan fingerprint density at radius 3 is 2.87 bits per heavy atom. The van der Waals surface area contributed by atoms with Crippen LogP contribution in [-0.4, -0.2) is 17.3 Å². The van der Waals surface area contributed by atoms with Gasteiger partial charge in [0.05, 0.1) is 5.39 Å². The number of hydrogen-bond acceptors (Lipinski definition) is 4. The number of rotatable bonds is 3. The van der Waals surface area contributed by atoms with Gasteiger partial charge in [-0.1, -0.05) is 12.1 Å². The third kappa shape index (κ3) is 2.27. The van der Waals surface area contributed by atoms with Crippen LogP contribution < -0.4 is 10.5 Å². The number of para-hydroxylation sites is 1. The standard InChI is InChI=1S/C11H14N2O2/c1-11(2,12)7-14-10-8-5-3-4-6-9(8)15-13-10/h3-6H,7,12H2,1-2H3. The second-order valence-corrected chi connectivity index (χ2v) is 4.26. The van der Waals surface area contributed by atoms with Crippen LogP contribution in [0.25, 0.3) is 11.0 Å². The predicted molar refractivity (Wildman–Crippen MR) is 57.8 cm³/mol. The SMILES string of the molecule is CC(C)(N)COc1noc2ccccc12. The summed E-state index contributed by atoms with van der Waals surface area (Å²) < 4.78 is 10.6. The highest BCUT2D eigenvalue weighted by molar-refractivity contribution is 5.81. The number of ether oxygens (including phenoxy) is 1. The highest BCUT2D eigenvalue weighted by atomic mass is 16.5. The van der Waals surface area contributed by atoms with Gasteiger partial charge in [-0.25, -0.2) is 0 Å². The molecule has 2 rings (SSSR count). The molecule has 0 bridgehead atoms. The molecule has 0 unspecified atom stereocenters. The first-order chi connectivity index (χ1) is 7.06. The Labute approximate surface area is 88.0 Å². The van der Waals surface area contributed by atoms with E-state index in [1.165, 1.54) is 0 Å². The van der Waals surface area contributed by atoms with Gasteiger partial charge in [-0.3, -0.25) is 0 Å². The van der Waals surface area contributed by atoms with Crippen molar-refractivity contribution in [3.05, 3.63) is 24.3 Å². The maximum atomic E-state index is 5.81. The zero-order valence-corrected chi connectivity index (χ0v) is 8.86. The molecule has 0 spiro atoms. The van der Waals surface area contributed by atoms with Crippen molar-refractivity contribution >= 4 is 11.0 Å². The molecule has 0 aliphatic carbocycles. The topological polar surface area (TPSA) is 61.3 Å². The van der Waals surface area contributed by atoms with E-state index in [0.717, 1.165) is 11.0 Å². The quantitative estimate of drug-likeness (QED) is 0.833. The lowest BCUT2D eigenvalue weighted by Gasteiger charge is -2.17. The van der Waals surface area contributed by atoms with Gasteiger partial charge in [0.25, 0.3) is 5.88 Å². The lowest BCUT2D eigenvalue weighted by Crippen LogP contribution is -2.38. The third-order valence-corrected chi connectivity index (χ3v) is 1.93. The summed E-state index contributed by atoms with van der Waals surface area (Å²) in [5.74, 6) is 0.504. The molecule has 0 atom stereocenters. The Hall–Kier alpha value is -1.55. The van der Waals surface area contributed by atoms with Crippen molar-refractivity contribution in [1.82, 2.24) is 5.16 Å². The van der Waals surface area contributed by atoms with Gasteiger partial charge in [0, 0.05) is 5.54 Å². The molecule has 2 N–H and O–H groups in total. The van der Waals surface area contributed by atoms with Crippen LogP contribution >= 0.6 is 0 Å². The molecular weight excluding hydrogens is 192 g/mol. The normalized spacial score (nSPS) is 11.9. The highest BCUT2D eigenvalue weighted by Gasteiger charge is 2.14. The number of benzene rings is 1. The lowest BCUT2D eigenvalue weighted by atomic mass is 10.1. The fourth-order valence-electron chi connectivity index (χ4n) is 1.22. The summed E-state index contributed by atoms with van der Waals surface area (Å²) in [6.45, 7) is 4.20. The minimum absolute atomic E-state index is 0.375. The van der Waals surface area contributed by atoms with Crippen LogP contribution in [0.2, 0.25) is 0 Å². The Balaban J connectivity index is 2.22. The summed E-state index contributed by atoms with van der Waals surface area (Å²) in [5.41, 5.74) is 6.16. The molecule has 1 aromatic carbocycles. The van der Waals surface area contributed by atoms with Crippen molar-refractivity contribution in [2.75, 3.05) is 6.61 Å². The molecule has 1 aromatic heterocycles. The summed E-state index contributed by atoms with van der Waals surface area (Å²) in [6.07, 6.45) is 0. The molecule has 2 aromatic rings. The zero-order valence-electron chi connectivity index (χ0n) is 8.86. The molecule has 80 valence electrons. The van der Waals surface area contributed by atoms with Crippen molar-refractivity contribution in [3.8, 4) is 5.88 Å². The van der Waals surface area contributed by atoms with Crippen molar-refractivity contribution < 1.29 is 9.26 Å². The van der Waals surface area contributed by atoms with Gasteiger partial charge in [0.15, 0.2) is 5.58 Å². The first-order valence-corrected chi connectivity index (χ1v) is 4.82. The van der Waals surface area contributed by atoms with Crippen molar-refractivity contribution in [1.29, 1.82) is 0 Å². The van der Waals surface area contributed by atoms with Crippen LogP contribution in [-0.2, 0) is 0 Å². The minimum Gasteiger partial charge on any atom is -0.473 e. The second kappa shape index (κ2) is 3.55. The van der Waals surface area contributed by atoms with E-state index in [2.05, 4.69) is 5.16 Å². The van der Waals surface area contributed by atoms with Crippen LogP contribution in [0, 0.1) is 0 Å². The third-order valence-electron chi connectivity index (χ3n) is 1.93. The van der Waals surface area contributed by atoms with E-state index >= 15 is 0 Å². The van der Waals surface area contributed by atoms with Crippen molar-refractivity contribution in [2.24, 2.45) is 5.73 Å². The Bertz CT molecular complexity index is 457. The molecule has 0 saturated carbocycles. The summed E-state index contributed by atoms with van der Waals surface area (Å²) in [6, 6.07) is 7.57. The highest BCUT2D eigenvalue weighted by Crippen LogP contribution is 2.24. The fraction of sp³-hybridized carbons (Fsp3) is 0.364. The Morgan fingerprint density at radius 1 is 1.40 bits per heavy atom. The molecule has 15 heavy (non-hydrogen) atoms. The maximum absolute atomic E-state index is 5.81. The van der Waals surface area contributed by atoms with Gasteiger partial charge in [-0.2, -0.15) is 0 Å². The lowest BCUT2D eigenvalue weighted by molar-refractivity contribution is 0.225. The van der Waals surface area contributed by atoms with Crippen molar-refractivity contribution in [2.45, 2.75) is 19.4 Å². The van der Waals surface area contributed by atoms with Gasteiger partial charge in [0.1, 0.15) is 6.61 Å². The van der Waals surface area contributed by atoms with Gasteiger partial charge in [-0.05, 0) is 31.1 Å². The number of fused-ring (bicyclic) bond motifs is 1. The first kappa shape index (κ1) is 9.98. The molecule has 4 nitrogen and oxygen atoms in total. The number of nitrogens with zero attached hydrogens (tertiary/aromatic N) is 1.